The van der Waals surface area contributed by atoms with Gasteiger partial charge in [0.25, 0.3) is 0 Å². The molecular formula is C17H20N4S. The number of aromatic nitrogens is 3. The summed E-state index contributed by atoms with van der Waals surface area (Å²) in [5.41, 5.74) is 2.56. The molecule has 0 saturated carbocycles. The predicted octanol–water partition coefficient (Wildman–Crippen LogP) is 4.07. The van der Waals surface area contributed by atoms with Crippen LogP contribution in [0.5, 0.6) is 0 Å². The van der Waals surface area contributed by atoms with Gasteiger partial charge < -0.3 is 0 Å². The van der Waals surface area contributed by atoms with Crippen LogP contribution in [0.4, 0.5) is 0 Å². The third-order valence-electron chi connectivity index (χ3n) is 3.70. The van der Waals surface area contributed by atoms with Crippen molar-refractivity contribution in [3.8, 4) is 0 Å². The Bertz CT molecular complexity index is 658. The van der Waals surface area contributed by atoms with Crippen molar-refractivity contribution in [1.82, 2.24) is 14.9 Å². The summed E-state index contributed by atoms with van der Waals surface area (Å²) in [6.07, 6.45) is 11.6. The lowest BCUT2D eigenvalue weighted by Crippen LogP contribution is -2.05. The van der Waals surface area contributed by atoms with Gasteiger partial charge in [0.15, 0.2) is 0 Å². The number of thioether (sulfide) groups is 1. The standard InChI is InChI=1S/C17H20N4S/c1-14-7-9-16(10-8-14)12-22-17-20-18-13-21(17)19-11-15-5-3-2-4-6-15/h2-3,7-11,13,15H,4-6,12H2,1H3/b19-11-/t15-/m0/s1. The molecule has 1 aliphatic carbocycles. The van der Waals surface area contributed by atoms with E-state index in [-0.39, 0.29) is 0 Å². The van der Waals surface area contributed by atoms with E-state index in [2.05, 4.69) is 58.6 Å². The smallest absolute Gasteiger partial charge is 0.195 e. The van der Waals surface area contributed by atoms with Crippen molar-refractivity contribution in [3.63, 3.8) is 0 Å². The molecule has 0 amide bonds. The van der Waals surface area contributed by atoms with E-state index in [1.54, 1.807) is 22.8 Å². The molecule has 0 fully saturated rings. The normalized spacial score (nSPS) is 18.1. The SMILES string of the molecule is Cc1ccc(CSc2nncn2/N=C\[C@H]2CC=CCC2)cc1. The Balaban J connectivity index is 1.60. The highest BCUT2D eigenvalue weighted by atomic mass is 32.2. The molecule has 1 aromatic carbocycles. The second kappa shape index (κ2) is 7.40. The van der Waals surface area contributed by atoms with Gasteiger partial charge in [0.05, 0.1) is 0 Å². The Morgan fingerprint density at radius 2 is 2.18 bits per heavy atom. The summed E-state index contributed by atoms with van der Waals surface area (Å²) in [4.78, 5) is 0. The lowest BCUT2D eigenvalue weighted by molar-refractivity contribution is 0.618. The van der Waals surface area contributed by atoms with Crippen molar-refractivity contribution in [1.29, 1.82) is 0 Å². The van der Waals surface area contributed by atoms with Crippen molar-refractivity contribution in [2.24, 2.45) is 11.0 Å². The molecule has 1 atom stereocenters. The first-order valence-corrected chi connectivity index (χ1v) is 8.57. The molecule has 0 aliphatic heterocycles. The van der Waals surface area contributed by atoms with Crippen LogP contribution in [0.1, 0.15) is 30.4 Å². The molecular weight excluding hydrogens is 292 g/mol. The number of hydrogen-bond donors (Lipinski definition) is 0. The Morgan fingerprint density at radius 1 is 1.32 bits per heavy atom. The highest BCUT2D eigenvalue weighted by Gasteiger charge is 2.08. The van der Waals surface area contributed by atoms with Gasteiger partial charge in [-0.15, -0.1) is 10.2 Å². The van der Waals surface area contributed by atoms with Gasteiger partial charge in [-0.3, -0.25) is 0 Å². The topological polar surface area (TPSA) is 43.1 Å². The summed E-state index contributed by atoms with van der Waals surface area (Å²) < 4.78 is 1.77. The molecule has 4 nitrogen and oxygen atoms in total. The van der Waals surface area contributed by atoms with E-state index < -0.39 is 0 Å². The fourth-order valence-corrected chi connectivity index (χ4v) is 3.16. The first-order valence-electron chi connectivity index (χ1n) is 7.59. The molecule has 0 radical (unpaired) electrons. The first-order chi connectivity index (χ1) is 10.8. The quantitative estimate of drug-likeness (QED) is 0.475. The lowest BCUT2D eigenvalue weighted by atomic mass is 9.96. The number of hydrogen-bond acceptors (Lipinski definition) is 4. The van der Waals surface area contributed by atoms with E-state index in [0.29, 0.717) is 5.92 Å². The zero-order chi connectivity index (χ0) is 15.2. The summed E-state index contributed by atoms with van der Waals surface area (Å²) in [6.45, 7) is 2.10. The molecule has 0 saturated heterocycles. The molecule has 0 N–H and O–H groups in total. The number of nitrogens with zero attached hydrogens (tertiary/aromatic N) is 4. The molecule has 1 heterocycles. The number of allylic oxidation sites excluding steroid dienone is 2. The molecule has 22 heavy (non-hydrogen) atoms. The van der Waals surface area contributed by atoms with Crippen LogP contribution in [0.2, 0.25) is 0 Å². The minimum Gasteiger partial charge on any atom is -0.195 e. The molecule has 0 bridgehead atoms. The minimum absolute atomic E-state index is 0.530. The number of rotatable bonds is 5. The van der Waals surface area contributed by atoms with Crippen LogP contribution in [-0.4, -0.2) is 21.1 Å². The Labute approximate surface area is 135 Å². The zero-order valence-electron chi connectivity index (χ0n) is 12.7. The molecule has 0 unspecified atom stereocenters. The van der Waals surface area contributed by atoms with Gasteiger partial charge in [-0.2, -0.15) is 9.78 Å². The van der Waals surface area contributed by atoms with Crippen LogP contribution in [0.25, 0.3) is 0 Å². The summed E-state index contributed by atoms with van der Waals surface area (Å²) in [5, 5.41) is 13.5. The van der Waals surface area contributed by atoms with Crippen LogP contribution in [0, 0.1) is 12.8 Å². The van der Waals surface area contributed by atoms with Crippen molar-refractivity contribution in [3.05, 3.63) is 53.9 Å². The third kappa shape index (κ3) is 4.07. The van der Waals surface area contributed by atoms with Gasteiger partial charge in [0.2, 0.25) is 5.16 Å². The van der Waals surface area contributed by atoms with Gasteiger partial charge in [0.1, 0.15) is 6.33 Å². The maximum absolute atomic E-state index is 4.53. The average molecular weight is 312 g/mol. The molecule has 3 rings (SSSR count). The molecule has 2 aromatic rings. The van der Waals surface area contributed by atoms with Crippen LogP contribution in [0.15, 0.2) is 53.0 Å². The van der Waals surface area contributed by atoms with E-state index >= 15 is 0 Å². The maximum Gasteiger partial charge on any atom is 0.212 e. The second-order valence-electron chi connectivity index (χ2n) is 5.54. The van der Waals surface area contributed by atoms with Gasteiger partial charge in [-0.05, 0) is 37.7 Å². The van der Waals surface area contributed by atoms with E-state index in [0.717, 1.165) is 23.8 Å². The van der Waals surface area contributed by atoms with Crippen LogP contribution >= 0.6 is 11.8 Å². The molecule has 114 valence electrons. The van der Waals surface area contributed by atoms with Crippen molar-refractivity contribution < 1.29 is 0 Å². The summed E-state index contributed by atoms with van der Waals surface area (Å²) in [7, 11) is 0. The van der Waals surface area contributed by atoms with Crippen molar-refractivity contribution >= 4 is 18.0 Å². The van der Waals surface area contributed by atoms with E-state index in [9.17, 15) is 0 Å². The van der Waals surface area contributed by atoms with Crippen molar-refractivity contribution in [2.45, 2.75) is 37.1 Å². The minimum atomic E-state index is 0.530. The largest absolute Gasteiger partial charge is 0.212 e. The predicted molar refractivity (Wildman–Crippen MR) is 91.1 cm³/mol. The summed E-state index contributed by atoms with van der Waals surface area (Å²) in [5.74, 6) is 1.41. The van der Waals surface area contributed by atoms with Gasteiger partial charge in [-0.25, -0.2) is 0 Å². The van der Waals surface area contributed by atoms with E-state index in [4.69, 9.17) is 0 Å². The van der Waals surface area contributed by atoms with Gasteiger partial charge in [0, 0.05) is 12.0 Å². The zero-order valence-corrected chi connectivity index (χ0v) is 13.5. The molecule has 5 heteroatoms. The van der Waals surface area contributed by atoms with Crippen LogP contribution < -0.4 is 0 Å². The highest BCUT2D eigenvalue weighted by Crippen LogP contribution is 2.21. The van der Waals surface area contributed by atoms with Crippen LogP contribution in [0.3, 0.4) is 0 Å². The van der Waals surface area contributed by atoms with Gasteiger partial charge in [-0.1, -0.05) is 53.7 Å². The average Bonchev–Trinajstić information content (AvgIpc) is 3.01. The van der Waals surface area contributed by atoms with Gasteiger partial charge >= 0.3 is 0 Å². The summed E-state index contributed by atoms with van der Waals surface area (Å²) in [6, 6.07) is 8.58. The second-order valence-corrected chi connectivity index (χ2v) is 6.48. The lowest BCUT2D eigenvalue weighted by Gasteiger charge is -2.11. The fourth-order valence-electron chi connectivity index (χ4n) is 2.34. The van der Waals surface area contributed by atoms with E-state index in [1.807, 2.05) is 6.21 Å². The summed E-state index contributed by atoms with van der Waals surface area (Å²) >= 11 is 1.66. The molecule has 0 spiro atoms. The molecule has 1 aliphatic rings. The first kappa shape index (κ1) is 15.0. The Hall–Kier alpha value is -1.88. The number of aryl methyl sites for hydroxylation is 1. The Morgan fingerprint density at radius 3 is 2.95 bits per heavy atom. The highest BCUT2D eigenvalue weighted by molar-refractivity contribution is 7.98. The Kier molecular flexibility index (Phi) is 5.06. The van der Waals surface area contributed by atoms with Crippen LogP contribution in [-0.2, 0) is 5.75 Å². The fraction of sp³-hybridized carbons (Fsp3) is 0.353. The maximum atomic E-state index is 4.53. The number of benzene rings is 1. The van der Waals surface area contributed by atoms with Crippen molar-refractivity contribution in [2.75, 3.05) is 0 Å². The monoisotopic (exact) mass is 312 g/mol. The van der Waals surface area contributed by atoms with E-state index in [1.165, 1.54) is 17.5 Å². The third-order valence-corrected chi connectivity index (χ3v) is 4.70. The molecule has 1 aromatic heterocycles.